The first kappa shape index (κ1) is 27.8. The Morgan fingerprint density at radius 1 is 1.15 bits per heavy atom. The summed E-state index contributed by atoms with van der Waals surface area (Å²) < 4.78 is 35.6. The molecular weight excluding hydrogens is 522 g/mol. The van der Waals surface area contributed by atoms with Crippen LogP contribution in [0.2, 0.25) is 0 Å². The monoisotopic (exact) mass is 553 g/mol. The lowest BCUT2D eigenvalue weighted by molar-refractivity contribution is -0.145. The van der Waals surface area contributed by atoms with Gasteiger partial charge < -0.3 is 25.5 Å². The van der Waals surface area contributed by atoms with Crippen LogP contribution in [0.1, 0.15) is 25.8 Å². The van der Waals surface area contributed by atoms with Crippen molar-refractivity contribution in [3.63, 3.8) is 0 Å². The van der Waals surface area contributed by atoms with E-state index in [0.29, 0.717) is 28.9 Å². The number of anilines is 3. The summed E-state index contributed by atoms with van der Waals surface area (Å²) in [6.45, 7) is 3.54. The number of methoxy groups -OCH3 is 1. The van der Waals surface area contributed by atoms with Crippen LogP contribution in [0, 0.1) is 5.92 Å². The van der Waals surface area contributed by atoms with Crippen molar-refractivity contribution < 1.29 is 23.1 Å². The van der Waals surface area contributed by atoms with Crippen LogP contribution in [-0.4, -0.2) is 51.7 Å². The van der Waals surface area contributed by atoms with E-state index in [1.807, 2.05) is 0 Å². The maximum Gasteiger partial charge on any atom is 0.323 e. The normalized spacial score (nSPS) is 13.3. The molecule has 0 aliphatic heterocycles. The Morgan fingerprint density at radius 3 is 2.38 bits per heavy atom. The fourth-order valence-corrected chi connectivity index (χ4v) is 4.99. The second kappa shape index (κ2) is 10.9. The van der Waals surface area contributed by atoms with Gasteiger partial charge in [-0.3, -0.25) is 9.52 Å². The zero-order valence-corrected chi connectivity index (χ0v) is 22.9. The lowest BCUT2D eigenvalue weighted by Gasteiger charge is -2.29. The van der Waals surface area contributed by atoms with Gasteiger partial charge in [0, 0.05) is 25.0 Å². The highest BCUT2D eigenvalue weighted by Gasteiger charge is 2.37. The van der Waals surface area contributed by atoms with Gasteiger partial charge in [0.25, 0.3) is 10.0 Å². The molecule has 0 saturated carbocycles. The SMILES string of the molecule is COc1ccc(CC[C@@](N)(C(=O)O)C(C)C)c(Nc2nc3ccccc3nc2NS(=O)(=O)c2cn(C)cn2)c1. The lowest BCUT2D eigenvalue weighted by Crippen LogP contribution is -2.52. The quantitative estimate of drug-likeness (QED) is 0.216. The maximum absolute atomic E-state index is 13.1. The smallest absolute Gasteiger partial charge is 0.323 e. The van der Waals surface area contributed by atoms with Crippen molar-refractivity contribution >= 4 is 44.3 Å². The van der Waals surface area contributed by atoms with E-state index in [4.69, 9.17) is 10.5 Å². The first-order valence-electron chi connectivity index (χ1n) is 12.2. The molecule has 0 fully saturated rings. The number of carboxylic acid groups (broad SMARTS) is 1. The van der Waals surface area contributed by atoms with Gasteiger partial charge in [-0.25, -0.2) is 15.0 Å². The number of carbonyl (C=O) groups is 1. The molecule has 0 spiro atoms. The van der Waals surface area contributed by atoms with Crippen LogP contribution in [0.3, 0.4) is 0 Å². The number of aryl methyl sites for hydroxylation is 2. The van der Waals surface area contributed by atoms with Crippen LogP contribution < -0.4 is 20.5 Å². The molecule has 0 bridgehead atoms. The number of fused-ring (bicyclic) bond motifs is 1. The van der Waals surface area contributed by atoms with Crippen LogP contribution in [-0.2, 0) is 28.3 Å². The third kappa shape index (κ3) is 5.94. The number of imidazole rings is 1. The van der Waals surface area contributed by atoms with Gasteiger partial charge in [0.2, 0.25) is 0 Å². The predicted octanol–water partition coefficient (Wildman–Crippen LogP) is 3.29. The van der Waals surface area contributed by atoms with E-state index in [9.17, 15) is 18.3 Å². The maximum atomic E-state index is 13.1. The minimum Gasteiger partial charge on any atom is -0.497 e. The third-order valence-electron chi connectivity index (χ3n) is 6.56. The summed E-state index contributed by atoms with van der Waals surface area (Å²) in [5.74, 6) is -0.736. The highest BCUT2D eigenvalue weighted by Crippen LogP contribution is 2.32. The third-order valence-corrected chi connectivity index (χ3v) is 7.79. The number of nitrogens with one attached hydrogen (secondary N) is 2. The molecule has 0 unspecified atom stereocenters. The molecule has 5 N–H and O–H groups in total. The van der Waals surface area contributed by atoms with Gasteiger partial charge in [-0.15, -0.1) is 0 Å². The Kier molecular flexibility index (Phi) is 7.74. The van der Waals surface area contributed by atoms with Crippen LogP contribution in [0.5, 0.6) is 5.75 Å². The van der Waals surface area contributed by atoms with Gasteiger partial charge in [0.05, 0.1) is 24.5 Å². The van der Waals surface area contributed by atoms with Crippen molar-refractivity contribution in [3.8, 4) is 5.75 Å². The molecular formula is C26H31N7O5S. The first-order valence-corrected chi connectivity index (χ1v) is 13.6. The molecule has 2 heterocycles. The fourth-order valence-electron chi connectivity index (χ4n) is 3.99. The Bertz CT molecular complexity index is 1620. The van der Waals surface area contributed by atoms with Crippen molar-refractivity contribution in [3.05, 3.63) is 60.6 Å². The molecule has 0 aliphatic carbocycles. The predicted molar refractivity (Wildman–Crippen MR) is 148 cm³/mol. The van der Waals surface area contributed by atoms with E-state index < -0.39 is 21.5 Å². The summed E-state index contributed by atoms with van der Waals surface area (Å²) in [5, 5.41) is 12.8. The number of rotatable bonds is 11. The first-order chi connectivity index (χ1) is 18.4. The fraction of sp³-hybridized carbons (Fsp3) is 0.308. The second-order valence-electron chi connectivity index (χ2n) is 9.54. The van der Waals surface area contributed by atoms with Crippen LogP contribution in [0.4, 0.5) is 17.3 Å². The summed E-state index contributed by atoms with van der Waals surface area (Å²) >= 11 is 0. The van der Waals surface area contributed by atoms with Crippen molar-refractivity contribution in [1.82, 2.24) is 19.5 Å². The number of ether oxygens (including phenoxy) is 1. The molecule has 4 aromatic rings. The molecule has 0 amide bonds. The van der Waals surface area contributed by atoms with Crippen molar-refractivity contribution in [1.29, 1.82) is 0 Å². The number of carboxylic acids is 1. The average molecular weight is 554 g/mol. The number of nitrogens with zero attached hydrogens (tertiary/aromatic N) is 4. The van der Waals surface area contributed by atoms with E-state index in [1.54, 1.807) is 63.4 Å². The minimum absolute atomic E-state index is 0.0333. The molecule has 0 radical (unpaired) electrons. The van der Waals surface area contributed by atoms with Gasteiger partial charge >= 0.3 is 5.97 Å². The van der Waals surface area contributed by atoms with Crippen molar-refractivity contribution in [2.24, 2.45) is 18.7 Å². The van der Waals surface area contributed by atoms with E-state index in [-0.39, 0.29) is 29.0 Å². The van der Waals surface area contributed by atoms with E-state index in [1.165, 1.54) is 24.2 Å². The summed E-state index contributed by atoms with van der Waals surface area (Å²) in [6.07, 6.45) is 3.25. The molecule has 0 saturated heterocycles. The highest BCUT2D eigenvalue weighted by molar-refractivity contribution is 7.92. The number of sulfonamides is 1. The number of aromatic nitrogens is 4. The zero-order chi connectivity index (χ0) is 28.4. The largest absolute Gasteiger partial charge is 0.497 e. The summed E-state index contributed by atoms with van der Waals surface area (Å²) in [4.78, 5) is 25.0. The van der Waals surface area contributed by atoms with Crippen LogP contribution in [0.25, 0.3) is 11.0 Å². The highest BCUT2D eigenvalue weighted by atomic mass is 32.2. The van der Waals surface area contributed by atoms with Crippen molar-refractivity contribution in [2.75, 3.05) is 17.1 Å². The Balaban J connectivity index is 1.76. The molecule has 4 rings (SSSR count). The molecule has 2 aromatic heterocycles. The number of nitrogens with two attached hydrogens (primary N) is 1. The van der Waals surface area contributed by atoms with E-state index in [0.717, 1.165) is 5.56 Å². The summed E-state index contributed by atoms with van der Waals surface area (Å²) in [6, 6.07) is 12.3. The second-order valence-corrected chi connectivity index (χ2v) is 11.2. The lowest BCUT2D eigenvalue weighted by atomic mass is 9.82. The number of para-hydroxylation sites is 2. The van der Waals surface area contributed by atoms with Crippen molar-refractivity contribution in [2.45, 2.75) is 37.3 Å². The molecule has 0 aliphatic rings. The van der Waals surface area contributed by atoms with E-state index >= 15 is 0 Å². The van der Waals surface area contributed by atoms with Gasteiger partial charge in [-0.1, -0.05) is 32.0 Å². The zero-order valence-electron chi connectivity index (χ0n) is 22.0. The van der Waals surface area contributed by atoms with Gasteiger partial charge in [-0.05, 0) is 42.5 Å². The minimum atomic E-state index is -4.08. The van der Waals surface area contributed by atoms with Crippen LogP contribution >= 0.6 is 0 Å². The summed E-state index contributed by atoms with van der Waals surface area (Å²) in [7, 11) is -0.890. The van der Waals surface area contributed by atoms with E-state index in [2.05, 4.69) is 25.0 Å². The molecule has 2 aromatic carbocycles. The Labute approximate surface area is 226 Å². The number of hydrogen-bond acceptors (Lipinski definition) is 9. The standard InChI is InChI=1S/C26H31N7O5S/c1-16(2)26(27,25(34)35)12-11-17-9-10-18(38-4)13-21(17)31-23-24(30-20-8-6-5-7-19(20)29-23)32-39(36,37)22-14-33(3)15-28-22/h5-10,13-16H,11-12,27H2,1-4H3,(H,29,31)(H,30,32)(H,34,35)/t26-/m0/s1. The molecule has 1 atom stereocenters. The van der Waals surface area contributed by atoms with Gasteiger partial charge in [0.1, 0.15) is 11.3 Å². The molecule has 13 heteroatoms. The topological polar surface area (TPSA) is 174 Å². The Hall–Kier alpha value is -4.23. The number of hydrogen-bond donors (Lipinski definition) is 4. The Morgan fingerprint density at radius 2 is 1.82 bits per heavy atom. The number of aliphatic carboxylic acids is 1. The molecule has 12 nitrogen and oxygen atoms in total. The van der Waals surface area contributed by atoms with Crippen LogP contribution in [0.15, 0.2) is 60.0 Å². The summed E-state index contributed by atoms with van der Waals surface area (Å²) in [5.41, 5.74) is 7.12. The molecule has 39 heavy (non-hydrogen) atoms. The average Bonchev–Trinajstić information content (AvgIpc) is 3.34. The molecule has 206 valence electrons. The van der Waals surface area contributed by atoms with Gasteiger partial charge in [0.15, 0.2) is 16.7 Å². The number of benzene rings is 2. The van der Waals surface area contributed by atoms with Gasteiger partial charge in [-0.2, -0.15) is 8.42 Å².